The molecule has 0 unspecified atom stereocenters. The molecule has 2 nitrogen and oxygen atoms in total. The third-order valence-corrected chi connectivity index (χ3v) is 3.32. The van der Waals surface area contributed by atoms with Crippen molar-refractivity contribution in [2.45, 2.75) is 27.2 Å². The first-order valence-electron chi connectivity index (χ1n) is 5.63. The van der Waals surface area contributed by atoms with E-state index in [4.69, 9.17) is 18.0 Å². The lowest BCUT2D eigenvalue weighted by molar-refractivity contribution is 0.390. The molecule has 0 aliphatic heterocycles. The fraction of sp³-hybridized carbons (Fsp3) is 0.462. The average molecular weight is 315 g/mol. The van der Waals surface area contributed by atoms with E-state index in [1.54, 1.807) is 0 Å². The van der Waals surface area contributed by atoms with Gasteiger partial charge in [-0.15, -0.1) is 0 Å². The van der Waals surface area contributed by atoms with Gasteiger partial charge in [0.1, 0.15) is 4.99 Å². The third-order valence-electron chi connectivity index (χ3n) is 2.45. The van der Waals surface area contributed by atoms with Crippen LogP contribution < -0.4 is 11.1 Å². The Balaban J connectivity index is 2.78. The van der Waals surface area contributed by atoms with Gasteiger partial charge in [-0.05, 0) is 39.9 Å². The number of benzene rings is 1. The molecular weight excluding hydrogens is 296 g/mol. The van der Waals surface area contributed by atoms with Crippen LogP contribution >= 0.6 is 28.1 Å². The molecule has 0 aromatic heterocycles. The maximum atomic E-state index is 5.73. The van der Waals surface area contributed by atoms with Crippen LogP contribution in [-0.2, 0) is 0 Å². The molecule has 0 amide bonds. The smallest absolute Gasteiger partial charge is 0.107 e. The molecule has 0 aliphatic carbocycles. The molecule has 0 saturated carbocycles. The molecule has 0 bridgehead atoms. The maximum absolute atomic E-state index is 5.73. The lowest BCUT2D eigenvalue weighted by Gasteiger charge is -2.19. The second-order valence-electron chi connectivity index (χ2n) is 5.26. The summed E-state index contributed by atoms with van der Waals surface area (Å²) in [5, 5.41) is 3.39. The molecule has 0 saturated heterocycles. The Bertz CT molecular complexity index is 410. The topological polar surface area (TPSA) is 38.0 Å². The predicted octanol–water partition coefficient (Wildman–Crippen LogP) is 3.93. The van der Waals surface area contributed by atoms with Crippen molar-refractivity contribution >= 4 is 38.8 Å². The molecular formula is C13H19BrN2S. The zero-order valence-corrected chi connectivity index (χ0v) is 12.9. The van der Waals surface area contributed by atoms with Crippen LogP contribution in [-0.4, -0.2) is 11.5 Å². The summed E-state index contributed by atoms with van der Waals surface area (Å²) in [6.45, 7) is 7.59. The Morgan fingerprint density at radius 3 is 2.59 bits per heavy atom. The average Bonchev–Trinajstić information content (AvgIpc) is 2.14. The highest BCUT2D eigenvalue weighted by molar-refractivity contribution is 9.10. The number of hydrogen-bond acceptors (Lipinski definition) is 2. The summed E-state index contributed by atoms with van der Waals surface area (Å²) in [6, 6.07) is 5.93. The Morgan fingerprint density at radius 1 is 1.41 bits per heavy atom. The summed E-state index contributed by atoms with van der Waals surface area (Å²) in [5.41, 5.74) is 7.94. The summed E-state index contributed by atoms with van der Waals surface area (Å²) in [4.78, 5) is 0.413. The highest BCUT2D eigenvalue weighted by atomic mass is 79.9. The van der Waals surface area contributed by atoms with Crippen LogP contribution in [0.15, 0.2) is 22.7 Å². The monoisotopic (exact) mass is 314 g/mol. The molecule has 4 heteroatoms. The first-order valence-corrected chi connectivity index (χ1v) is 6.83. The molecule has 0 atom stereocenters. The van der Waals surface area contributed by atoms with Crippen molar-refractivity contribution < 1.29 is 0 Å². The number of hydrogen-bond donors (Lipinski definition) is 2. The second-order valence-corrected chi connectivity index (χ2v) is 6.56. The first kappa shape index (κ1) is 14.5. The predicted molar refractivity (Wildman–Crippen MR) is 82.6 cm³/mol. The van der Waals surface area contributed by atoms with E-state index in [-0.39, 0.29) is 0 Å². The van der Waals surface area contributed by atoms with E-state index in [1.807, 2.05) is 18.2 Å². The highest BCUT2D eigenvalue weighted by Crippen LogP contribution is 2.25. The lowest BCUT2D eigenvalue weighted by atomic mass is 9.92. The zero-order valence-electron chi connectivity index (χ0n) is 10.5. The molecule has 0 heterocycles. The van der Waals surface area contributed by atoms with Gasteiger partial charge < -0.3 is 11.1 Å². The number of rotatable bonds is 4. The zero-order chi connectivity index (χ0) is 13.1. The molecule has 94 valence electrons. The van der Waals surface area contributed by atoms with Crippen molar-refractivity contribution in [3.63, 3.8) is 0 Å². The normalized spacial score (nSPS) is 11.3. The van der Waals surface area contributed by atoms with Crippen LogP contribution in [0, 0.1) is 5.41 Å². The highest BCUT2D eigenvalue weighted by Gasteiger charge is 2.12. The molecule has 17 heavy (non-hydrogen) atoms. The van der Waals surface area contributed by atoms with Gasteiger partial charge in [0, 0.05) is 22.3 Å². The molecule has 3 N–H and O–H groups in total. The van der Waals surface area contributed by atoms with Crippen molar-refractivity contribution in [2.75, 3.05) is 11.9 Å². The summed E-state index contributed by atoms with van der Waals surface area (Å²) >= 11 is 8.54. The van der Waals surface area contributed by atoms with Crippen molar-refractivity contribution in [1.29, 1.82) is 0 Å². The van der Waals surface area contributed by atoms with E-state index in [9.17, 15) is 0 Å². The standard InChI is InChI=1S/C13H19BrN2S/c1-13(2,3)7-8-16-10-6-4-5-9(14)11(10)12(15)17/h4-6,16H,7-8H2,1-3H3,(H2,15,17). The Morgan fingerprint density at radius 2 is 2.06 bits per heavy atom. The molecule has 1 rings (SSSR count). The minimum absolute atomic E-state index is 0.322. The minimum Gasteiger partial charge on any atom is -0.389 e. The van der Waals surface area contributed by atoms with Crippen molar-refractivity contribution in [1.82, 2.24) is 0 Å². The number of thiocarbonyl (C=S) groups is 1. The van der Waals surface area contributed by atoms with Gasteiger partial charge in [0.25, 0.3) is 0 Å². The molecule has 0 spiro atoms. The summed E-state index contributed by atoms with van der Waals surface area (Å²) in [5.74, 6) is 0. The Labute approximate surface area is 117 Å². The van der Waals surface area contributed by atoms with Crippen LogP contribution in [0.4, 0.5) is 5.69 Å². The van der Waals surface area contributed by atoms with Gasteiger partial charge in [0.15, 0.2) is 0 Å². The van der Waals surface area contributed by atoms with E-state index in [1.165, 1.54) is 0 Å². The van der Waals surface area contributed by atoms with Crippen LogP contribution in [0.2, 0.25) is 0 Å². The van der Waals surface area contributed by atoms with E-state index < -0.39 is 0 Å². The molecule has 0 aliphatic rings. The van der Waals surface area contributed by atoms with E-state index >= 15 is 0 Å². The third kappa shape index (κ3) is 4.64. The number of halogens is 1. The summed E-state index contributed by atoms with van der Waals surface area (Å²) in [6.07, 6.45) is 1.09. The molecule has 0 fully saturated rings. The molecule has 0 radical (unpaired) electrons. The lowest BCUT2D eigenvalue weighted by Crippen LogP contribution is -2.17. The van der Waals surface area contributed by atoms with Gasteiger partial charge in [-0.3, -0.25) is 0 Å². The van der Waals surface area contributed by atoms with Crippen LogP contribution in [0.5, 0.6) is 0 Å². The van der Waals surface area contributed by atoms with Gasteiger partial charge in [-0.2, -0.15) is 0 Å². The molecule has 1 aromatic rings. The van der Waals surface area contributed by atoms with E-state index in [0.29, 0.717) is 10.4 Å². The van der Waals surface area contributed by atoms with Gasteiger partial charge in [-0.25, -0.2) is 0 Å². The van der Waals surface area contributed by atoms with Crippen molar-refractivity contribution in [3.05, 3.63) is 28.2 Å². The minimum atomic E-state index is 0.322. The van der Waals surface area contributed by atoms with Gasteiger partial charge in [-0.1, -0.05) is 39.1 Å². The van der Waals surface area contributed by atoms with Gasteiger partial charge in [0.05, 0.1) is 0 Å². The van der Waals surface area contributed by atoms with Crippen LogP contribution in [0.3, 0.4) is 0 Å². The number of nitrogens with one attached hydrogen (secondary N) is 1. The Hall–Kier alpha value is -0.610. The van der Waals surface area contributed by atoms with E-state index in [0.717, 1.165) is 28.7 Å². The van der Waals surface area contributed by atoms with Crippen molar-refractivity contribution in [2.24, 2.45) is 11.1 Å². The Kier molecular flexibility index (Phi) is 4.95. The van der Waals surface area contributed by atoms with Gasteiger partial charge in [0.2, 0.25) is 0 Å². The molecule has 1 aromatic carbocycles. The first-order chi connectivity index (χ1) is 7.81. The van der Waals surface area contributed by atoms with Gasteiger partial charge >= 0.3 is 0 Å². The SMILES string of the molecule is CC(C)(C)CCNc1cccc(Br)c1C(N)=S. The fourth-order valence-corrected chi connectivity index (χ4v) is 2.42. The number of nitrogens with two attached hydrogens (primary N) is 1. The quantitative estimate of drug-likeness (QED) is 0.827. The largest absolute Gasteiger partial charge is 0.389 e. The summed E-state index contributed by atoms with van der Waals surface area (Å²) < 4.78 is 0.936. The fourth-order valence-electron chi connectivity index (χ4n) is 1.49. The van der Waals surface area contributed by atoms with Crippen LogP contribution in [0.1, 0.15) is 32.8 Å². The van der Waals surface area contributed by atoms with Crippen LogP contribution in [0.25, 0.3) is 0 Å². The van der Waals surface area contributed by atoms with Crippen molar-refractivity contribution in [3.8, 4) is 0 Å². The van der Waals surface area contributed by atoms with E-state index in [2.05, 4.69) is 42.0 Å². The summed E-state index contributed by atoms with van der Waals surface area (Å²) in [7, 11) is 0. The second kappa shape index (κ2) is 5.83. The number of anilines is 1. The maximum Gasteiger partial charge on any atom is 0.107 e.